The van der Waals surface area contributed by atoms with E-state index in [2.05, 4.69) is 91.0 Å². The van der Waals surface area contributed by atoms with Gasteiger partial charge in [-0.05, 0) is 120 Å². The third kappa shape index (κ3) is 20.6. The molecular formula is C53H80N4O6. The molecule has 10 heteroatoms. The number of carbonyl (C=O) groups is 4. The zero-order valence-corrected chi connectivity index (χ0v) is 40.3. The van der Waals surface area contributed by atoms with Crippen molar-refractivity contribution in [1.82, 2.24) is 0 Å². The summed E-state index contributed by atoms with van der Waals surface area (Å²) in [5.74, 6) is -0.625. The Labute approximate surface area is 379 Å². The summed E-state index contributed by atoms with van der Waals surface area (Å²) in [4.78, 5) is 48.3. The van der Waals surface area contributed by atoms with Gasteiger partial charge >= 0.3 is 5.97 Å². The SMILES string of the molecule is COC1CC(C)(C)C(/C=C/C(C)=C/C=C/C(C)=C/C=C/C=C(C)/C=C/C=C(C)/C=C/C2=C(C)C(=O)C(OC(=O)C(N)CCCCN)CC2(C)C)=C(C)C1=O.NCCCCC(N)C=O. The van der Waals surface area contributed by atoms with Crippen LogP contribution in [0.25, 0.3) is 0 Å². The van der Waals surface area contributed by atoms with Gasteiger partial charge in [-0.3, -0.25) is 14.4 Å². The first-order chi connectivity index (χ1) is 29.6. The molecule has 63 heavy (non-hydrogen) atoms. The van der Waals surface area contributed by atoms with Gasteiger partial charge in [-0.25, -0.2) is 0 Å². The second-order valence-electron chi connectivity index (χ2n) is 18.0. The lowest BCUT2D eigenvalue weighted by atomic mass is 9.71. The Morgan fingerprint density at radius 2 is 1.05 bits per heavy atom. The standard InChI is InChI=1S/C47H66N2O5.C6H14N2O/c1-32(20-16-22-34(3)25-27-38-36(5)43(50)41(53-11)30-46(38,7)8)18-12-13-19-33(2)21-17-23-35(4)26-28-39-37(6)44(51)42(31-47(39,9)10)54-45(52)40(49)24-14-15-29-48;7-4-2-1-3-6(8)5-9/h12-13,16-23,25-28,40-42H,14-15,24,29-31,48-49H2,1-11H3;5-6H,1-4,7-8H2/b13-12+,20-16+,21-17+,27-25+,28-26+,32-18+,33-19+,34-22+,35-23+;. The molecule has 0 fully saturated rings. The Balaban J connectivity index is 0.00000197. The number of unbranched alkanes of at least 4 members (excludes halogenated alkanes) is 2. The third-order valence-electron chi connectivity index (χ3n) is 11.3. The quantitative estimate of drug-likeness (QED) is 0.0353. The number of ketones is 2. The van der Waals surface area contributed by atoms with Gasteiger partial charge < -0.3 is 37.2 Å². The van der Waals surface area contributed by atoms with E-state index in [-0.39, 0.29) is 34.5 Å². The molecule has 0 aromatic heterocycles. The highest BCUT2D eigenvalue weighted by atomic mass is 16.5. The zero-order valence-electron chi connectivity index (χ0n) is 40.3. The fraction of sp³-hybridized carbons (Fsp3) is 0.509. The molecule has 0 aliphatic heterocycles. The molecular weight excluding hydrogens is 789 g/mol. The van der Waals surface area contributed by atoms with Gasteiger partial charge in [-0.15, -0.1) is 0 Å². The Morgan fingerprint density at radius 1 is 0.651 bits per heavy atom. The van der Waals surface area contributed by atoms with Crippen LogP contribution in [0.4, 0.5) is 0 Å². The molecule has 4 unspecified atom stereocenters. The van der Waals surface area contributed by atoms with E-state index < -0.39 is 18.1 Å². The third-order valence-corrected chi connectivity index (χ3v) is 11.3. The first-order valence-corrected chi connectivity index (χ1v) is 22.3. The predicted octanol–water partition coefficient (Wildman–Crippen LogP) is 9.21. The van der Waals surface area contributed by atoms with Crippen LogP contribution in [-0.2, 0) is 28.7 Å². The largest absolute Gasteiger partial charge is 0.453 e. The molecule has 0 saturated heterocycles. The maximum Gasteiger partial charge on any atom is 0.323 e. The van der Waals surface area contributed by atoms with Crippen LogP contribution in [0.2, 0.25) is 0 Å². The summed E-state index contributed by atoms with van der Waals surface area (Å²) < 4.78 is 11.0. The molecule has 10 nitrogen and oxygen atoms in total. The molecule has 2 aliphatic carbocycles. The Kier molecular flexibility index (Phi) is 26.0. The van der Waals surface area contributed by atoms with Crippen molar-refractivity contribution in [3.63, 3.8) is 0 Å². The summed E-state index contributed by atoms with van der Waals surface area (Å²) in [5, 5.41) is 0. The molecule has 0 saturated carbocycles. The number of hydrogen-bond donors (Lipinski definition) is 4. The summed E-state index contributed by atoms with van der Waals surface area (Å²) in [5.41, 5.74) is 29.4. The first-order valence-electron chi connectivity index (χ1n) is 22.3. The minimum atomic E-state index is -0.827. The Hall–Kier alpha value is -4.58. The van der Waals surface area contributed by atoms with Crippen LogP contribution >= 0.6 is 0 Å². The topological polar surface area (TPSA) is 191 Å². The maximum atomic E-state index is 13.2. The van der Waals surface area contributed by atoms with Crippen LogP contribution in [0.15, 0.2) is 130 Å². The minimum absolute atomic E-state index is 0.0752. The van der Waals surface area contributed by atoms with Gasteiger partial charge in [0, 0.05) is 13.5 Å². The van der Waals surface area contributed by atoms with Crippen molar-refractivity contribution >= 4 is 23.8 Å². The van der Waals surface area contributed by atoms with Crippen molar-refractivity contribution in [1.29, 1.82) is 0 Å². The van der Waals surface area contributed by atoms with Gasteiger partial charge in [0.05, 0.1) is 6.04 Å². The lowest BCUT2D eigenvalue weighted by Crippen LogP contribution is -2.42. The van der Waals surface area contributed by atoms with Crippen molar-refractivity contribution in [2.45, 2.75) is 145 Å². The van der Waals surface area contributed by atoms with Crippen molar-refractivity contribution in [3.05, 3.63) is 130 Å². The van der Waals surface area contributed by atoms with Gasteiger partial charge in [-0.1, -0.05) is 148 Å². The maximum absolute atomic E-state index is 13.2. The van der Waals surface area contributed by atoms with Crippen LogP contribution in [0, 0.1) is 10.8 Å². The van der Waals surface area contributed by atoms with E-state index in [4.69, 9.17) is 32.4 Å². The van der Waals surface area contributed by atoms with Crippen LogP contribution in [0.3, 0.4) is 0 Å². The van der Waals surface area contributed by atoms with Crippen molar-refractivity contribution < 1.29 is 28.7 Å². The predicted molar refractivity (Wildman–Crippen MR) is 261 cm³/mol. The van der Waals surface area contributed by atoms with E-state index in [1.54, 1.807) is 14.0 Å². The second kappa shape index (κ2) is 29.0. The monoisotopic (exact) mass is 869 g/mol. The van der Waals surface area contributed by atoms with Gasteiger partial charge in [0.1, 0.15) is 18.4 Å². The Bertz CT molecular complexity index is 1900. The molecule has 4 atom stereocenters. The number of carbonyl (C=O) groups excluding carboxylic acids is 4. The highest BCUT2D eigenvalue weighted by molar-refractivity contribution is 6.02. The number of rotatable bonds is 22. The summed E-state index contributed by atoms with van der Waals surface area (Å²) in [6.07, 6.45) is 34.0. The molecule has 348 valence electrons. The molecule has 0 heterocycles. The number of Topliss-reactive ketones (excluding diaryl/α,β-unsaturated/α-hetero) is 2. The lowest BCUT2D eigenvalue weighted by molar-refractivity contribution is -0.157. The minimum Gasteiger partial charge on any atom is -0.453 e. The van der Waals surface area contributed by atoms with Gasteiger partial charge in [0.2, 0.25) is 0 Å². The molecule has 2 rings (SSSR count). The van der Waals surface area contributed by atoms with E-state index in [1.807, 2.05) is 56.4 Å². The van der Waals surface area contributed by atoms with Crippen molar-refractivity contribution in [2.24, 2.45) is 33.8 Å². The summed E-state index contributed by atoms with van der Waals surface area (Å²) in [6.45, 7) is 21.6. The summed E-state index contributed by atoms with van der Waals surface area (Å²) >= 11 is 0. The Morgan fingerprint density at radius 3 is 1.48 bits per heavy atom. The number of ether oxygens (including phenoxy) is 2. The summed E-state index contributed by atoms with van der Waals surface area (Å²) in [6, 6.07) is -1.03. The average Bonchev–Trinajstić information content (AvgIpc) is 3.22. The second-order valence-corrected chi connectivity index (χ2v) is 18.0. The normalized spacial score (nSPS) is 21.3. The van der Waals surface area contributed by atoms with E-state index in [9.17, 15) is 19.2 Å². The van der Waals surface area contributed by atoms with Crippen molar-refractivity contribution in [2.75, 3.05) is 20.2 Å². The number of hydrogen-bond acceptors (Lipinski definition) is 10. The number of methoxy groups -OCH3 is 1. The smallest absolute Gasteiger partial charge is 0.323 e. The molecule has 0 radical (unpaired) electrons. The molecule has 0 amide bonds. The van der Waals surface area contributed by atoms with E-state index in [0.717, 1.165) is 77.4 Å². The molecule has 2 aliphatic rings. The van der Waals surface area contributed by atoms with E-state index >= 15 is 0 Å². The highest BCUT2D eigenvalue weighted by Gasteiger charge is 2.40. The highest BCUT2D eigenvalue weighted by Crippen LogP contribution is 2.42. The average molecular weight is 869 g/mol. The van der Waals surface area contributed by atoms with Crippen LogP contribution in [0.5, 0.6) is 0 Å². The fourth-order valence-corrected chi connectivity index (χ4v) is 7.30. The van der Waals surface area contributed by atoms with Crippen LogP contribution in [0.1, 0.15) is 121 Å². The van der Waals surface area contributed by atoms with Crippen LogP contribution < -0.4 is 22.9 Å². The van der Waals surface area contributed by atoms with E-state index in [0.29, 0.717) is 37.9 Å². The van der Waals surface area contributed by atoms with Gasteiger partial charge in [-0.2, -0.15) is 0 Å². The zero-order chi connectivity index (χ0) is 47.8. The molecule has 0 aromatic carbocycles. The fourth-order valence-electron chi connectivity index (χ4n) is 7.30. The number of aldehydes is 1. The number of esters is 1. The number of nitrogens with two attached hydrogens (primary N) is 4. The molecule has 0 spiro atoms. The van der Waals surface area contributed by atoms with Crippen LogP contribution in [-0.4, -0.2) is 68.3 Å². The summed E-state index contributed by atoms with van der Waals surface area (Å²) in [7, 11) is 1.60. The molecule has 0 bridgehead atoms. The van der Waals surface area contributed by atoms with Gasteiger partial charge in [0.25, 0.3) is 0 Å². The van der Waals surface area contributed by atoms with E-state index in [1.165, 1.54) is 0 Å². The molecule has 8 N–H and O–H groups in total. The molecule has 0 aromatic rings. The first kappa shape index (κ1) is 56.4. The lowest BCUT2D eigenvalue weighted by Gasteiger charge is -2.36. The number of allylic oxidation sites excluding steroid dienone is 20. The van der Waals surface area contributed by atoms with Gasteiger partial charge in [0.15, 0.2) is 17.7 Å². The van der Waals surface area contributed by atoms with Crippen molar-refractivity contribution in [3.8, 4) is 0 Å².